The highest BCUT2D eigenvalue weighted by molar-refractivity contribution is 6.37. The molecule has 0 aliphatic carbocycles. The molecule has 0 radical (unpaired) electrons. The van der Waals surface area contributed by atoms with Gasteiger partial charge in [-0.05, 0) is 30.3 Å². The summed E-state index contributed by atoms with van der Waals surface area (Å²) in [5.74, 6) is -0.332. The summed E-state index contributed by atoms with van der Waals surface area (Å²) in [4.78, 5) is 16.8. The maximum absolute atomic E-state index is 12.8. The van der Waals surface area contributed by atoms with Crippen molar-refractivity contribution >= 4 is 45.6 Å². The highest BCUT2D eigenvalue weighted by Gasteiger charge is 2.22. The number of nitrogen functional groups attached to an aromatic ring is 1. The van der Waals surface area contributed by atoms with Crippen LogP contribution in [0.25, 0.3) is 16.7 Å². The SMILES string of the molecule is Nc1c(C(=O)c2ccc(Cl)cc2Cl)oc2cc(-n3ccnc3)ccc12. The minimum Gasteiger partial charge on any atom is -0.450 e. The predicted octanol–water partition coefficient (Wildman–Crippen LogP) is 4.74. The molecule has 2 heterocycles. The first-order chi connectivity index (χ1) is 12.0. The molecule has 2 aromatic heterocycles. The standard InChI is InChI=1S/C18H11Cl2N3O2/c19-10-1-3-12(14(20)7-10)17(24)18-16(21)13-4-2-11(8-15(13)25-18)23-6-5-22-9-23/h1-9H,21H2. The second kappa shape index (κ2) is 5.95. The Labute approximate surface area is 152 Å². The Balaban J connectivity index is 1.82. The van der Waals surface area contributed by atoms with Gasteiger partial charge in [0, 0.05) is 34.4 Å². The van der Waals surface area contributed by atoms with E-state index in [1.54, 1.807) is 30.7 Å². The first kappa shape index (κ1) is 15.7. The fraction of sp³-hybridized carbons (Fsp3) is 0. The molecule has 124 valence electrons. The third-order valence-electron chi connectivity index (χ3n) is 3.90. The lowest BCUT2D eigenvalue weighted by Gasteiger charge is -2.02. The van der Waals surface area contributed by atoms with Crippen molar-refractivity contribution in [3.05, 3.63) is 76.5 Å². The summed E-state index contributed by atoms with van der Waals surface area (Å²) in [5.41, 5.74) is 8.05. The van der Waals surface area contributed by atoms with Crippen LogP contribution in [0, 0.1) is 0 Å². The summed E-state index contributed by atoms with van der Waals surface area (Å²) >= 11 is 12.0. The van der Waals surface area contributed by atoms with E-state index in [0.29, 0.717) is 16.0 Å². The molecule has 0 fully saturated rings. The summed E-state index contributed by atoms with van der Waals surface area (Å²) in [6.45, 7) is 0. The highest BCUT2D eigenvalue weighted by atomic mass is 35.5. The van der Waals surface area contributed by atoms with Gasteiger partial charge >= 0.3 is 0 Å². The van der Waals surface area contributed by atoms with E-state index in [1.165, 1.54) is 6.07 Å². The Morgan fingerprint density at radius 1 is 1.16 bits per heavy atom. The molecule has 0 bridgehead atoms. The molecule has 25 heavy (non-hydrogen) atoms. The van der Waals surface area contributed by atoms with Crippen molar-refractivity contribution < 1.29 is 9.21 Å². The molecule has 2 aromatic carbocycles. The third kappa shape index (κ3) is 2.67. The molecule has 0 aliphatic heterocycles. The van der Waals surface area contributed by atoms with Crippen molar-refractivity contribution in [3.8, 4) is 5.69 Å². The maximum Gasteiger partial charge on any atom is 0.231 e. The summed E-state index contributed by atoms with van der Waals surface area (Å²) in [5, 5.41) is 1.36. The van der Waals surface area contributed by atoms with E-state index in [-0.39, 0.29) is 27.8 Å². The van der Waals surface area contributed by atoms with Crippen LogP contribution in [0.5, 0.6) is 0 Å². The molecular weight excluding hydrogens is 361 g/mol. The van der Waals surface area contributed by atoms with Gasteiger partial charge in [-0.3, -0.25) is 4.79 Å². The number of nitrogens with zero attached hydrogens (tertiary/aromatic N) is 2. The van der Waals surface area contributed by atoms with Crippen LogP contribution in [0.4, 0.5) is 5.69 Å². The third-order valence-corrected chi connectivity index (χ3v) is 4.44. The molecule has 0 saturated heterocycles. The van der Waals surface area contributed by atoms with Crippen molar-refractivity contribution in [3.63, 3.8) is 0 Å². The van der Waals surface area contributed by atoms with E-state index in [2.05, 4.69) is 4.98 Å². The number of carbonyl (C=O) groups excluding carboxylic acids is 1. The van der Waals surface area contributed by atoms with E-state index in [0.717, 1.165) is 5.69 Å². The molecule has 0 amide bonds. The van der Waals surface area contributed by atoms with Crippen molar-refractivity contribution in [2.75, 3.05) is 5.73 Å². The minimum absolute atomic E-state index is 0.0574. The number of hydrogen-bond acceptors (Lipinski definition) is 4. The van der Waals surface area contributed by atoms with Crippen LogP contribution in [0.2, 0.25) is 10.0 Å². The van der Waals surface area contributed by atoms with Crippen LogP contribution in [-0.2, 0) is 0 Å². The van der Waals surface area contributed by atoms with Gasteiger partial charge in [0.25, 0.3) is 0 Å². The average Bonchev–Trinajstić information content (AvgIpc) is 3.22. The van der Waals surface area contributed by atoms with Crippen molar-refractivity contribution in [2.24, 2.45) is 0 Å². The zero-order valence-corrected chi connectivity index (χ0v) is 14.3. The number of rotatable bonds is 3. The van der Waals surface area contributed by atoms with Crippen molar-refractivity contribution in [1.82, 2.24) is 9.55 Å². The van der Waals surface area contributed by atoms with Crippen molar-refractivity contribution in [1.29, 1.82) is 0 Å². The molecule has 0 spiro atoms. The fourth-order valence-corrected chi connectivity index (χ4v) is 3.14. The number of halogens is 2. The van der Waals surface area contributed by atoms with Gasteiger partial charge in [0.1, 0.15) is 5.58 Å². The molecule has 7 heteroatoms. The molecule has 2 N–H and O–H groups in total. The number of furan rings is 1. The topological polar surface area (TPSA) is 74.1 Å². The van der Waals surface area contributed by atoms with Crippen LogP contribution < -0.4 is 5.73 Å². The van der Waals surface area contributed by atoms with Crippen LogP contribution in [-0.4, -0.2) is 15.3 Å². The van der Waals surface area contributed by atoms with E-state index in [4.69, 9.17) is 33.4 Å². The monoisotopic (exact) mass is 371 g/mol. The first-order valence-corrected chi connectivity index (χ1v) is 8.10. The molecule has 0 aliphatic rings. The Morgan fingerprint density at radius 3 is 2.72 bits per heavy atom. The first-order valence-electron chi connectivity index (χ1n) is 7.34. The molecule has 0 unspecified atom stereocenters. The maximum atomic E-state index is 12.8. The number of anilines is 1. The molecule has 4 rings (SSSR count). The lowest BCUT2D eigenvalue weighted by Crippen LogP contribution is -2.03. The van der Waals surface area contributed by atoms with Crippen LogP contribution in [0.1, 0.15) is 16.1 Å². The summed E-state index contributed by atoms with van der Waals surface area (Å²) in [6, 6.07) is 10.1. The minimum atomic E-state index is -0.389. The highest BCUT2D eigenvalue weighted by Crippen LogP contribution is 2.33. The summed E-state index contributed by atoms with van der Waals surface area (Å²) < 4.78 is 7.57. The second-order valence-corrected chi connectivity index (χ2v) is 6.29. The normalized spacial score (nSPS) is 11.1. The van der Waals surface area contributed by atoms with E-state index in [9.17, 15) is 4.79 Å². The average molecular weight is 372 g/mol. The Morgan fingerprint density at radius 2 is 2.00 bits per heavy atom. The Bertz CT molecular complexity index is 1100. The lowest BCUT2D eigenvalue weighted by atomic mass is 10.1. The van der Waals surface area contributed by atoms with Crippen LogP contribution >= 0.6 is 23.2 Å². The predicted molar refractivity (Wildman–Crippen MR) is 97.6 cm³/mol. The smallest absolute Gasteiger partial charge is 0.231 e. The van der Waals surface area contributed by atoms with Gasteiger partial charge < -0.3 is 14.7 Å². The second-order valence-electron chi connectivity index (χ2n) is 5.45. The van der Waals surface area contributed by atoms with Crippen LogP contribution in [0.3, 0.4) is 0 Å². The number of aromatic nitrogens is 2. The van der Waals surface area contributed by atoms with Gasteiger partial charge in [-0.25, -0.2) is 4.98 Å². The summed E-state index contributed by atoms with van der Waals surface area (Å²) in [6.07, 6.45) is 5.16. The van der Waals surface area contributed by atoms with E-state index >= 15 is 0 Å². The van der Waals surface area contributed by atoms with Crippen LogP contribution in [0.15, 0.2) is 59.5 Å². The molecule has 4 aromatic rings. The van der Waals surface area contributed by atoms with Gasteiger partial charge in [0.15, 0.2) is 5.76 Å². The summed E-state index contributed by atoms with van der Waals surface area (Å²) in [7, 11) is 0. The fourth-order valence-electron chi connectivity index (χ4n) is 2.64. The number of ketones is 1. The molecule has 5 nitrogen and oxygen atoms in total. The van der Waals surface area contributed by atoms with Gasteiger partial charge in [-0.1, -0.05) is 23.2 Å². The quantitative estimate of drug-likeness (QED) is 0.527. The van der Waals surface area contributed by atoms with E-state index in [1.807, 2.05) is 22.9 Å². The molecular formula is C18H11Cl2N3O2. The number of nitrogens with two attached hydrogens (primary N) is 1. The largest absolute Gasteiger partial charge is 0.450 e. The van der Waals surface area contributed by atoms with Gasteiger partial charge in [-0.2, -0.15) is 0 Å². The Kier molecular flexibility index (Phi) is 3.75. The lowest BCUT2D eigenvalue weighted by molar-refractivity contribution is 0.101. The number of carbonyl (C=O) groups is 1. The van der Waals surface area contributed by atoms with Gasteiger partial charge in [0.05, 0.1) is 22.7 Å². The zero-order chi connectivity index (χ0) is 17.6. The Hall–Kier alpha value is -2.76. The number of benzene rings is 2. The number of hydrogen-bond donors (Lipinski definition) is 1. The molecule has 0 atom stereocenters. The van der Waals surface area contributed by atoms with Gasteiger partial charge in [-0.15, -0.1) is 0 Å². The molecule has 0 saturated carbocycles. The zero-order valence-electron chi connectivity index (χ0n) is 12.7. The number of imidazole rings is 1. The van der Waals surface area contributed by atoms with Crippen molar-refractivity contribution in [2.45, 2.75) is 0 Å². The number of fused-ring (bicyclic) bond motifs is 1. The van der Waals surface area contributed by atoms with Gasteiger partial charge in [0.2, 0.25) is 5.78 Å². The van der Waals surface area contributed by atoms with E-state index < -0.39 is 0 Å².